The van der Waals surface area contributed by atoms with Gasteiger partial charge in [0.1, 0.15) is 0 Å². The molecule has 1 aromatic heterocycles. The van der Waals surface area contributed by atoms with Crippen molar-refractivity contribution in [2.24, 2.45) is 0 Å². The smallest absolute Gasteiger partial charge is 0.0547 e. The van der Waals surface area contributed by atoms with Crippen LogP contribution in [0, 0.1) is 0 Å². The van der Waals surface area contributed by atoms with E-state index < -0.39 is 0 Å². The fraction of sp³-hybridized carbons (Fsp3) is 0.0769. The van der Waals surface area contributed by atoms with Gasteiger partial charge in [-0.1, -0.05) is 166 Å². The minimum atomic E-state index is 0.116. The summed E-state index contributed by atoms with van der Waals surface area (Å²) in [5, 5.41) is 2.51. The molecule has 0 saturated carbocycles. The van der Waals surface area contributed by atoms with E-state index in [4.69, 9.17) is 0 Å². The van der Waals surface area contributed by atoms with Gasteiger partial charge in [0.2, 0.25) is 0 Å². The van der Waals surface area contributed by atoms with E-state index in [2.05, 4.69) is 230 Å². The Morgan fingerprint density at radius 2 is 0.852 bits per heavy atom. The molecule has 8 aromatic carbocycles. The summed E-state index contributed by atoms with van der Waals surface area (Å²) in [5.74, 6) is 0. The first-order valence-corrected chi connectivity index (χ1v) is 18.8. The Kier molecular flexibility index (Phi) is 8.44. The number of anilines is 3. The minimum absolute atomic E-state index is 0.116. The van der Waals surface area contributed by atoms with Gasteiger partial charge in [0, 0.05) is 33.4 Å². The zero-order valence-electron chi connectivity index (χ0n) is 30.9. The first-order valence-electron chi connectivity index (χ1n) is 18.8. The van der Waals surface area contributed by atoms with Crippen molar-refractivity contribution in [1.82, 2.24) is 4.57 Å². The molecule has 0 aliphatic heterocycles. The molecule has 54 heavy (non-hydrogen) atoms. The Morgan fingerprint density at radius 1 is 0.370 bits per heavy atom. The van der Waals surface area contributed by atoms with Crippen molar-refractivity contribution < 1.29 is 0 Å². The number of hydrogen-bond acceptors (Lipinski definition) is 1. The lowest BCUT2D eigenvalue weighted by molar-refractivity contribution is 0.590. The van der Waals surface area contributed by atoms with Gasteiger partial charge in [0.25, 0.3) is 0 Å². The molecular weight excluding hydrogens is 653 g/mol. The molecule has 9 rings (SSSR count). The first kappa shape index (κ1) is 33.2. The van der Waals surface area contributed by atoms with Crippen molar-refractivity contribution in [1.29, 1.82) is 0 Å². The highest BCUT2D eigenvalue weighted by atomic mass is 15.1. The van der Waals surface area contributed by atoms with Crippen LogP contribution in [-0.4, -0.2) is 4.57 Å². The lowest BCUT2D eigenvalue weighted by Gasteiger charge is -2.26. The highest BCUT2D eigenvalue weighted by Gasteiger charge is 2.18. The number of rotatable bonds is 7. The van der Waals surface area contributed by atoms with Crippen LogP contribution in [0.2, 0.25) is 0 Å². The summed E-state index contributed by atoms with van der Waals surface area (Å²) in [6.07, 6.45) is 0. The van der Waals surface area contributed by atoms with Crippen molar-refractivity contribution in [2.45, 2.75) is 26.2 Å². The topological polar surface area (TPSA) is 8.17 Å². The Hall–Kier alpha value is -6.64. The van der Waals surface area contributed by atoms with Crippen LogP contribution in [0.3, 0.4) is 0 Å². The molecule has 2 heteroatoms. The molecule has 0 unspecified atom stereocenters. The van der Waals surface area contributed by atoms with E-state index in [9.17, 15) is 0 Å². The maximum atomic E-state index is 2.45. The summed E-state index contributed by atoms with van der Waals surface area (Å²) < 4.78 is 2.45. The van der Waals surface area contributed by atoms with Crippen LogP contribution >= 0.6 is 0 Å². The molecule has 9 aromatic rings. The van der Waals surface area contributed by atoms with Crippen LogP contribution in [0.25, 0.3) is 60.9 Å². The lowest BCUT2D eigenvalue weighted by atomic mass is 9.86. The monoisotopic (exact) mass is 694 g/mol. The maximum Gasteiger partial charge on any atom is 0.0547 e. The second kappa shape index (κ2) is 13.7. The minimum Gasteiger partial charge on any atom is -0.311 e. The van der Waals surface area contributed by atoms with Gasteiger partial charge in [0.05, 0.1) is 16.7 Å². The largest absolute Gasteiger partial charge is 0.311 e. The molecule has 0 saturated heterocycles. The average molecular weight is 695 g/mol. The van der Waals surface area contributed by atoms with E-state index >= 15 is 0 Å². The third-order valence-corrected chi connectivity index (χ3v) is 10.6. The Morgan fingerprint density at radius 3 is 1.54 bits per heavy atom. The molecule has 0 bridgehead atoms. The number of para-hydroxylation sites is 3. The van der Waals surface area contributed by atoms with Gasteiger partial charge in [-0.3, -0.25) is 0 Å². The fourth-order valence-electron chi connectivity index (χ4n) is 7.73. The third kappa shape index (κ3) is 6.16. The number of nitrogens with zero attached hydrogens (tertiary/aromatic N) is 2. The highest BCUT2D eigenvalue weighted by molar-refractivity contribution is 6.10. The molecule has 0 aliphatic carbocycles. The van der Waals surface area contributed by atoms with Crippen LogP contribution in [-0.2, 0) is 5.41 Å². The van der Waals surface area contributed by atoms with E-state index in [-0.39, 0.29) is 5.41 Å². The molecule has 260 valence electrons. The third-order valence-electron chi connectivity index (χ3n) is 10.6. The van der Waals surface area contributed by atoms with Gasteiger partial charge in [-0.2, -0.15) is 0 Å². The Balaban J connectivity index is 1.13. The predicted molar refractivity (Wildman–Crippen MR) is 230 cm³/mol. The molecule has 0 amide bonds. The van der Waals surface area contributed by atoms with E-state index in [1.807, 2.05) is 0 Å². The van der Waals surface area contributed by atoms with Crippen LogP contribution in [0.5, 0.6) is 0 Å². The molecular formula is C52H42N2. The molecule has 0 aliphatic rings. The Labute approximate surface area is 318 Å². The predicted octanol–water partition coefficient (Wildman–Crippen LogP) is 14.6. The van der Waals surface area contributed by atoms with Gasteiger partial charge in [-0.05, 0) is 93.4 Å². The highest BCUT2D eigenvalue weighted by Crippen LogP contribution is 2.40. The SMILES string of the molecule is CC(C)(C)c1ccc(-c2ccc3c4ccccc4n(-c4ccccc4-c4ccc(N(c5ccccc5)c5ccc(-c6ccccc6)cc5)cc4)c3c2)cc1. The number of hydrogen-bond donors (Lipinski definition) is 0. The van der Waals surface area contributed by atoms with Gasteiger partial charge < -0.3 is 9.47 Å². The van der Waals surface area contributed by atoms with Crippen molar-refractivity contribution in [3.8, 4) is 39.1 Å². The Bertz CT molecular complexity index is 2700. The molecule has 0 radical (unpaired) electrons. The molecule has 0 fully saturated rings. The number of aromatic nitrogens is 1. The van der Waals surface area contributed by atoms with E-state index in [0.717, 1.165) is 22.7 Å². The summed E-state index contributed by atoms with van der Waals surface area (Å²) >= 11 is 0. The van der Waals surface area contributed by atoms with Crippen LogP contribution in [0.1, 0.15) is 26.3 Å². The number of benzene rings is 8. The first-order chi connectivity index (χ1) is 26.4. The van der Waals surface area contributed by atoms with Gasteiger partial charge in [-0.15, -0.1) is 0 Å². The number of fused-ring (bicyclic) bond motifs is 3. The van der Waals surface area contributed by atoms with Crippen molar-refractivity contribution >= 4 is 38.9 Å². The average Bonchev–Trinajstić information content (AvgIpc) is 3.55. The van der Waals surface area contributed by atoms with E-state index in [1.54, 1.807) is 0 Å². The summed E-state index contributed by atoms with van der Waals surface area (Å²) in [6.45, 7) is 6.80. The van der Waals surface area contributed by atoms with Crippen molar-refractivity contribution in [2.75, 3.05) is 4.90 Å². The molecule has 0 spiro atoms. The standard InChI is InChI=1S/C52H42N2/c1-52(2,3)42-29-22-39(23-30-42)41-28-35-48-47-19-11-13-21-50(47)54(51(48)36-41)49-20-12-10-18-46(49)40-26-33-45(34-27-40)53(43-16-8-5-9-17-43)44-31-24-38(25-32-44)37-14-6-4-7-15-37/h4-36H,1-3H3. The summed E-state index contributed by atoms with van der Waals surface area (Å²) in [5.41, 5.74) is 15.6. The second-order valence-corrected chi connectivity index (χ2v) is 15.1. The normalized spacial score (nSPS) is 11.6. The second-order valence-electron chi connectivity index (χ2n) is 15.1. The molecule has 1 heterocycles. The maximum absolute atomic E-state index is 2.45. The van der Waals surface area contributed by atoms with Gasteiger partial charge in [-0.25, -0.2) is 0 Å². The van der Waals surface area contributed by atoms with Crippen LogP contribution < -0.4 is 4.90 Å². The van der Waals surface area contributed by atoms with Gasteiger partial charge >= 0.3 is 0 Å². The van der Waals surface area contributed by atoms with Crippen molar-refractivity contribution in [3.05, 3.63) is 206 Å². The van der Waals surface area contributed by atoms with Crippen LogP contribution in [0.15, 0.2) is 200 Å². The summed E-state index contributed by atoms with van der Waals surface area (Å²) in [6, 6.07) is 72.6. The summed E-state index contributed by atoms with van der Waals surface area (Å²) in [7, 11) is 0. The molecule has 0 N–H and O–H groups in total. The molecule has 2 nitrogen and oxygen atoms in total. The van der Waals surface area contributed by atoms with Crippen molar-refractivity contribution in [3.63, 3.8) is 0 Å². The zero-order chi connectivity index (χ0) is 36.6. The zero-order valence-corrected chi connectivity index (χ0v) is 30.9. The fourth-order valence-corrected chi connectivity index (χ4v) is 7.73. The van der Waals surface area contributed by atoms with Crippen LogP contribution in [0.4, 0.5) is 17.1 Å². The lowest BCUT2D eigenvalue weighted by Crippen LogP contribution is -2.10. The van der Waals surface area contributed by atoms with Gasteiger partial charge in [0.15, 0.2) is 0 Å². The van der Waals surface area contributed by atoms with E-state index in [0.29, 0.717) is 0 Å². The quantitative estimate of drug-likeness (QED) is 0.161. The molecule has 0 atom stereocenters. The summed E-state index contributed by atoms with van der Waals surface area (Å²) in [4.78, 5) is 2.33. The van der Waals surface area contributed by atoms with E-state index in [1.165, 1.54) is 60.8 Å².